The maximum Gasteiger partial charge on any atom is 0.0491 e. The van der Waals surface area contributed by atoms with Gasteiger partial charge in [0.15, 0.2) is 0 Å². The van der Waals surface area contributed by atoms with Crippen LogP contribution in [0.2, 0.25) is 0 Å². The van der Waals surface area contributed by atoms with Crippen molar-refractivity contribution in [2.45, 2.75) is 53.4 Å². The van der Waals surface area contributed by atoms with Gasteiger partial charge in [-0.15, -0.1) is 0 Å². The van der Waals surface area contributed by atoms with E-state index in [1.54, 1.807) is 0 Å². The first kappa shape index (κ1) is 15.9. The lowest BCUT2D eigenvalue weighted by Crippen LogP contribution is -2.21. The van der Waals surface area contributed by atoms with Crippen molar-refractivity contribution in [2.75, 3.05) is 26.3 Å². The van der Waals surface area contributed by atoms with E-state index in [9.17, 15) is 0 Å². The van der Waals surface area contributed by atoms with E-state index in [4.69, 9.17) is 4.74 Å². The molecular weight excluding hydrogens is 198 g/mol. The topological polar surface area (TPSA) is 21.3 Å². The Morgan fingerprint density at radius 3 is 2.50 bits per heavy atom. The highest BCUT2D eigenvalue weighted by Gasteiger charge is 1.99. The first-order valence-corrected chi connectivity index (χ1v) is 6.95. The highest BCUT2D eigenvalue weighted by molar-refractivity contribution is 4.52. The van der Waals surface area contributed by atoms with Gasteiger partial charge in [0.25, 0.3) is 0 Å². The molecule has 0 aromatic heterocycles. The minimum Gasteiger partial charge on any atom is -0.381 e. The number of hydrogen-bond donors (Lipinski definition) is 1. The molecule has 1 unspecified atom stereocenters. The van der Waals surface area contributed by atoms with Gasteiger partial charge in [-0.1, -0.05) is 34.1 Å². The van der Waals surface area contributed by atoms with Crippen LogP contribution in [0.1, 0.15) is 53.4 Å². The lowest BCUT2D eigenvalue weighted by molar-refractivity contribution is 0.0987. The van der Waals surface area contributed by atoms with Gasteiger partial charge in [0.1, 0.15) is 0 Å². The van der Waals surface area contributed by atoms with E-state index in [1.807, 2.05) is 0 Å². The van der Waals surface area contributed by atoms with Gasteiger partial charge in [-0.2, -0.15) is 0 Å². The molecule has 0 aromatic rings. The van der Waals surface area contributed by atoms with Crippen molar-refractivity contribution in [3.8, 4) is 0 Å². The smallest absolute Gasteiger partial charge is 0.0491 e. The summed E-state index contributed by atoms with van der Waals surface area (Å²) in [6.45, 7) is 13.1. The molecule has 0 saturated carbocycles. The van der Waals surface area contributed by atoms with E-state index in [2.05, 4.69) is 33.0 Å². The standard InChI is InChI=1S/C14H31NO/c1-5-8-14(4)12-16-10-7-6-9-15-11-13(2)3/h13-15H,5-12H2,1-4H3. The van der Waals surface area contributed by atoms with Crippen molar-refractivity contribution in [3.63, 3.8) is 0 Å². The zero-order valence-corrected chi connectivity index (χ0v) is 11.7. The summed E-state index contributed by atoms with van der Waals surface area (Å²) in [4.78, 5) is 0. The van der Waals surface area contributed by atoms with Gasteiger partial charge in [-0.3, -0.25) is 0 Å². The van der Waals surface area contributed by atoms with Gasteiger partial charge in [0.2, 0.25) is 0 Å². The van der Waals surface area contributed by atoms with Crippen LogP contribution in [-0.4, -0.2) is 26.3 Å². The Balaban J connectivity index is 3.04. The fourth-order valence-electron chi connectivity index (χ4n) is 1.71. The summed E-state index contributed by atoms with van der Waals surface area (Å²) in [6.07, 6.45) is 4.97. The van der Waals surface area contributed by atoms with Crippen LogP contribution < -0.4 is 5.32 Å². The molecule has 2 nitrogen and oxygen atoms in total. The zero-order valence-electron chi connectivity index (χ0n) is 11.7. The van der Waals surface area contributed by atoms with Crippen LogP contribution in [0.4, 0.5) is 0 Å². The lowest BCUT2D eigenvalue weighted by Gasteiger charge is -2.11. The Morgan fingerprint density at radius 2 is 1.88 bits per heavy atom. The zero-order chi connectivity index (χ0) is 12.2. The van der Waals surface area contributed by atoms with Gasteiger partial charge in [0, 0.05) is 13.2 Å². The average molecular weight is 229 g/mol. The lowest BCUT2D eigenvalue weighted by atomic mass is 10.1. The second-order valence-corrected chi connectivity index (χ2v) is 5.27. The number of ether oxygens (including phenoxy) is 1. The molecule has 0 bridgehead atoms. The van der Waals surface area contributed by atoms with Gasteiger partial charge in [-0.05, 0) is 44.2 Å². The van der Waals surface area contributed by atoms with E-state index in [-0.39, 0.29) is 0 Å². The monoisotopic (exact) mass is 229 g/mol. The first-order chi connectivity index (χ1) is 7.66. The molecule has 98 valence electrons. The quantitative estimate of drug-likeness (QED) is 0.548. The molecule has 1 N–H and O–H groups in total. The highest BCUT2D eigenvalue weighted by atomic mass is 16.5. The summed E-state index contributed by atoms with van der Waals surface area (Å²) in [7, 11) is 0. The third kappa shape index (κ3) is 12.0. The molecule has 0 aromatic carbocycles. The molecule has 2 heteroatoms. The van der Waals surface area contributed by atoms with Crippen LogP contribution >= 0.6 is 0 Å². The summed E-state index contributed by atoms with van der Waals surface area (Å²) in [5.41, 5.74) is 0. The summed E-state index contributed by atoms with van der Waals surface area (Å²) < 4.78 is 5.65. The fourth-order valence-corrected chi connectivity index (χ4v) is 1.71. The Kier molecular flexibility index (Phi) is 11.3. The van der Waals surface area contributed by atoms with Gasteiger partial charge in [0.05, 0.1) is 0 Å². The van der Waals surface area contributed by atoms with Crippen molar-refractivity contribution in [3.05, 3.63) is 0 Å². The minimum atomic E-state index is 0.726. The molecule has 0 fully saturated rings. The fraction of sp³-hybridized carbons (Fsp3) is 1.00. The molecule has 0 aliphatic carbocycles. The Hall–Kier alpha value is -0.0800. The maximum absolute atomic E-state index is 5.65. The van der Waals surface area contributed by atoms with E-state index in [1.165, 1.54) is 25.7 Å². The van der Waals surface area contributed by atoms with Gasteiger partial charge in [-0.25, -0.2) is 0 Å². The molecule has 0 rings (SSSR count). The van der Waals surface area contributed by atoms with Crippen LogP contribution in [0.25, 0.3) is 0 Å². The highest BCUT2D eigenvalue weighted by Crippen LogP contribution is 2.05. The molecule has 0 amide bonds. The number of unbranched alkanes of at least 4 members (excludes halogenated alkanes) is 1. The van der Waals surface area contributed by atoms with Crippen molar-refractivity contribution in [1.82, 2.24) is 5.32 Å². The first-order valence-electron chi connectivity index (χ1n) is 6.95. The van der Waals surface area contributed by atoms with Crippen LogP contribution in [0.15, 0.2) is 0 Å². The van der Waals surface area contributed by atoms with E-state index >= 15 is 0 Å². The number of nitrogens with one attached hydrogen (secondary N) is 1. The Morgan fingerprint density at radius 1 is 1.12 bits per heavy atom. The third-order valence-electron chi connectivity index (χ3n) is 2.63. The predicted octanol–water partition coefficient (Wildman–Crippen LogP) is 3.47. The molecule has 0 spiro atoms. The Bertz CT molecular complexity index is 137. The van der Waals surface area contributed by atoms with Crippen molar-refractivity contribution in [2.24, 2.45) is 11.8 Å². The minimum absolute atomic E-state index is 0.726. The molecule has 0 saturated heterocycles. The summed E-state index contributed by atoms with van der Waals surface area (Å²) in [5.74, 6) is 1.48. The number of rotatable bonds is 11. The van der Waals surface area contributed by atoms with Crippen molar-refractivity contribution >= 4 is 0 Å². The van der Waals surface area contributed by atoms with Gasteiger partial charge >= 0.3 is 0 Å². The molecule has 16 heavy (non-hydrogen) atoms. The average Bonchev–Trinajstić information content (AvgIpc) is 2.22. The molecule has 0 heterocycles. The summed E-state index contributed by atoms with van der Waals surface area (Å²) >= 11 is 0. The largest absolute Gasteiger partial charge is 0.381 e. The Labute approximate surface area is 102 Å². The second kappa shape index (κ2) is 11.4. The molecule has 0 aliphatic heterocycles. The van der Waals surface area contributed by atoms with Crippen LogP contribution in [0.5, 0.6) is 0 Å². The predicted molar refractivity (Wildman–Crippen MR) is 71.8 cm³/mol. The van der Waals surface area contributed by atoms with E-state index < -0.39 is 0 Å². The van der Waals surface area contributed by atoms with Crippen molar-refractivity contribution < 1.29 is 4.74 Å². The number of hydrogen-bond acceptors (Lipinski definition) is 2. The molecule has 0 radical (unpaired) electrons. The molecular formula is C14H31NO. The van der Waals surface area contributed by atoms with E-state index in [0.717, 1.165) is 38.1 Å². The van der Waals surface area contributed by atoms with Crippen LogP contribution in [0, 0.1) is 11.8 Å². The third-order valence-corrected chi connectivity index (χ3v) is 2.63. The summed E-state index contributed by atoms with van der Waals surface area (Å²) in [6, 6.07) is 0. The normalized spacial score (nSPS) is 13.3. The summed E-state index contributed by atoms with van der Waals surface area (Å²) in [5, 5.41) is 3.45. The molecule has 1 atom stereocenters. The molecule has 0 aliphatic rings. The maximum atomic E-state index is 5.65. The van der Waals surface area contributed by atoms with Crippen LogP contribution in [0.3, 0.4) is 0 Å². The second-order valence-electron chi connectivity index (χ2n) is 5.27. The SMILES string of the molecule is CCCC(C)COCCCCNCC(C)C. The van der Waals surface area contributed by atoms with Gasteiger partial charge < -0.3 is 10.1 Å². The van der Waals surface area contributed by atoms with Crippen molar-refractivity contribution in [1.29, 1.82) is 0 Å². The van der Waals surface area contributed by atoms with Crippen LogP contribution in [-0.2, 0) is 4.74 Å². The van der Waals surface area contributed by atoms with E-state index in [0.29, 0.717) is 0 Å².